The first-order valence-corrected chi connectivity index (χ1v) is 3.29. The minimum atomic E-state index is 0.587. The lowest BCUT2D eigenvalue weighted by atomic mass is 10.3. The van der Waals surface area contributed by atoms with Crippen LogP contribution >= 0.6 is 0 Å². The molecule has 2 saturated heterocycles. The van der Waals surface area contributed by atoms with E-state index in [0.717, 1.165) is 13.2 Å². The zero-order chi connectivity index (χ0) is 5.40. The molecular formula is C6H11NO. The van der Waals surface area contributed by atoms with E-state index in [0.29, 0.717) is 6.10 Å². The van der Waals surface area contributed by atoms with Gasteiger partial charge in [-0.05, 0) is 6.42 Å². The van der Waals surface area contributed by atoms with Crippen molar-refractivity contribution in [3.05, 3.63) is 0 Å². The van der Waals surface area contributed by atoms with E-state index in [4.69, 9.17) is 4.74 Å². The molecule has 2 nitrogen and oxygen atoms in total. The zero-order valence-corrected chi connectivity index (χ0v) is 4.97. The van der Waals surface area contributed by atoms with Gasteiger partial charge in [0.15, 0.2) is 0 Å². The SMILES string of the molecule is C1CN2CCC(C2)O1. The van der Waals surface area contributed by atoms with Gasteiger partial charge >= 0.3 is 0 Å². The molecule has 46 valence electrons. The zero-order valence-electron chi connectivity index (χ0n) is 4.97. The van der Waals surface area contributed by atoms with E-state index in [2.05, 4.69) is 4.90 Å². The van der Waals surface area contributed by atoms with Crippen LogP contribution in [0.25, 0.3) is 0 Å². The third-order valence-electron chi connectivity index (χ3n) is 1.99. The van der Waals surface area contributed by atoms with Gasteiger partial charge in [0.2, 0.25) is 0 Å². The van der Waals surface area contributed by atoms with Gasteiger partial charge in [-0.3, -0.25) is 4.90 Å². The van der Waals surface area contributed by atoms with Crippen molar-refractivity contribution < 1.29 is 4.74 Å². The third kappa shape index (κ3) is 0.644. The van der Waals surface area contributed by atoms with Crippen LogP contribution in [0, 0.1) is 0 Å². The molecule has 0 aromatic heterocycles. The number of rotatable bonds is 0. The summed E-state index contributed by atoms with van der Waals surface area (Å²) in [6, 6.07) is 0. The van der Waals surface area contributed by atoms with Crippen molar-refractivity contribution in [2.75, 3.05) is 26.2 Å². The Labute approximate surface area is 49.4 Å². The Morgan fingerprint density at radius 1 is 1.38 bits per heavy atom. The van der Waals surface area contributed by atoms with Crippen LogP contribution in [0.4, 0.5) is 0 Å². The summed E-state index contributed by atoms with van der Waals surface area (Å²) in [5.74, 6) is 0. The summed E-state index contributed by atoms with van der Waals surface area (Å²) in [4.78, 5) is 2.47. The van der Waals surface area contributed by atoms with Gasteiger partial charge in [0.05, 0.1) is 12.7 Å². The molecule has 2 bridgehead atoms. The number of morpholine rings is 1. The lowest BCUT2D eigenvalue weighted by molar-refractivity contribution is 0.0183. The highest BCUT2D eigenvalue weighted by Gasteiger charge is 2.26. The minimum Gasteiger partial charge on any atom is -0.376 e. The Kier molecular flexibility index (Phi) is 1.02. The fourth-order valence-corrected chi connectivity index (χ4v) is 1.48. The van der Waals surface area contributed by atoms with E-state index < -0.39 is 0 Å². The predicted molar refractivity (Wildman–Crippen MR) is 30.8 cm³/mol. The maximum atomic E-state index is 5.43. The standard InChI is InChI=1S/C6H11NO/c1-2-7-3-4-8-6(1)5-7/h6H,1-5H2. The van der Waals surface area contributed by atoms with Crippen LogP contribution in [0.2, 0.25) is 0 Å². The molecule has 2 aliphatic heterocycles. The summed E-state index contributed by atoms with van der Waals surface area (Å²) in [6.07, 6.45) is 1.85. The Morgan fingerprint density at radius 2 is 2.38 bits per heavy atom. The van der Waals surface area contributed by atoms with E-state index in [1.807, 2.05) is 0 Å². The van der Waals surface area contributed by atoms with Crippen LogP contribution in [0.15, 0.2) is 0 Å². The van der Waals surface area contributed by atoms with Gasteiger partial charge in [0.1, 0.15) is 0 Å². The number of hydrogen-bond acceptors (Lipinski definition) is 2. The smallest absolute Gasteiger partial charge is 0.0714 e. The molecule has 0 amide bonds. The molecule has 0 spiro atoms. The second-order valence-corrected chi connectivity index (χ2v) is 2.58. The highest BCUT2D eigenvalue weighted by atomic mass is 16.5. The maximum Gasteiger partial charge on any atom is 0.0714 e. The molecular weight excluding hydrogens is 102 g/mol. The fourth-order valence-electron chi connectivity index (χ4n) is 1.48. The molecule has 0 saturated carbocycles. The first-order chi connectivity index (χ1) is 3.95. The van der Waals surface area contributed by atoms with Crippen molar-refractivity contribution in [2.24, 2.45) is 0 Å². The summed E-state index contributed by atoms with van der Waals surface area (Å²) < 4.78 is 5.43. The molecule has 2 atom stereocenters. The van der Waals surface area contributed by atoms with E-state index in [1.165, 1.54) is 19.5 Å². The summed E-state index contributed by atoms with van der Waals surface area (Å²) in [7, 11) is 0. The normalized spacial score (nSPS) is 45.0. The highest BCUT2D eigenvalue weighted by molar-refractivity contribution is 4.79. The second-order valence-electron chi connectivity index (χ2n) is 2.58. The Morgan fingerprint density at radius 3 is 3.12 bits per heavy atom. The highest BCUT2D eigenvalue weighted by Crippen LogP contribution is 2.15. The molecule has 2 rings (SSSR count). The van der Waals surface area contributed by atoms with E-state index in [1.54, 1.807) is 0 Å². The minimum absolute atomic E-state index is 0.587. The van der Waals surface area contributed by atoms with E-state index >= 15 is 0 Å². The predicted octanol–water partition coefficient (Wildman–Crippen LogP) is 0.0909. The van der Waals surface area contributed by atoms with Crippen molar-refractivity contribution in [3.8, 4) is 0 Å². The molecule has 0 radical (unpaired) electrons. The van der Waals surface area contributed by atoms with Gasteiger partial charge in [-0.15, -0.1) is 0 Å². The van der Waals surface area contributed by atoms with Crippen LogP contribution in [0.3, 0.4) is 0 Å². The number of ether oxygens (including phenoxy) is 1. The van der Waals surface area contributed by atoms with Crippen LogP contribution in [0.1, 0.15) is 6.42 Å². The summed E-state index contributed by atoms with van der Waals surface area (Å²) in [5.41, 5.74) is 0. The summed E-state index contributed by atoms with van der Waals surface area (Å²) in [6.45, 7) is 4.59. The second kappa shape index (κ2) is 1.71. The van der Waals surface area contributed by atoms with Gasteiger partial charge in [-0.1, -0.05) is 0 Å². The fraction of sp³-hybridized carbons (Fsp3) is 1.00. The molecule has 2 unspecified atom stereocenters. The van der Waals surface area contributed by atoms with Crippen molar-refractivity contribution in [3.63, 3.8) is 0 Å². The maximum absolute atomic E-state index is 5.43. The average molecular weight is 113 g/mol. The van der Waals surface area contributed by atoms with Crippen LogP contribution in [0.5, 0.6) is 0 Å². The van der Waals surface area contributed by atoms with Gasteiger partial charge in [0, 0.05) is 19.6 Å². The number of fused-ring (bicyclic) bond motifs is 2. The molecule has 2 fully saturated rings. The molecule has 8 heavy (non-hydrogen) atoms. The quantitative estimate of drug-likeness (QED) is 0.441. The van der Waals surface area contributed by atoms with Crippen molar-refractivity contribution in [1.29, 1.82) is 0 Å². The first kappa shape index (κ1) is 4.77. The van der Waals surface area contributed by atoms with E-state index in [-0.39, 0.29) is 0 Å². The molecule has 2 heteroatoms. The third-order valence-corrected chi connectivity index (χ3v) is 1.99. The Bertz CT molecular complexity index is 80.5. The van der Waals surface area contributed by atoms with Crippen molar-refractivity contribution in [1.82, 2.24) is 4.90 Å². The van der Waals surface area contributed by atoms with Gasteiger partial charge in [0.25, 0.3) is 0 Å². The molecule has 0 aliphatic carbocycles. The van der Waals surface area contributed by atoms with Crippen molar-refractivity contribution in [2.45, 2.75) is 12.5 Å². The number of nitrogens with zero attached hydrogens (tertiary/aromatic N) is 1. The lowest BCUT2D eigenvalue weighted by Crippen LogP contribution is -2.33. The average Bonchev–Trinajstić information content (AvgIpc) is 2.12. The molecule has 0 N–H and O–H groups in total. The summed E-state index contributed by atoms with van der Waals surface area (Å²) in [5, 5.41) is 0. The monoisotopic (exact) mass is 113 g/mol. The molecule has 0 aromatic rings. The van der Waals surface area contributed by atoms with E-state index in [9.17, 15) is 0 Å². The largest absolute Gasteiger partial charge is 0.376 e. The summed E-state index contributed by atoms with van der Waals surface area (Å²) >= 11 is 0. The Hall–Kier alpha value is -0.0800. The lowest BCUT2D eigenvalue weighted by Gasteiger charge is -2.21. The van der Waals surface area contributed by atoms with Crippen molar-refractivity contribution >= 4 is 0 Å². The topological polar surface area (TPSA) is 12.5 Å². The first-order valence-electron chi connectivity index (χ1n) is 3.29. The van der Waals surface area contributed by atoms with Crippen LogP contribution in [-0.2, 0) is 4.74 Å². The van der Waals surface area contributed by atoms with Gasteiger partial charge < -0.3 is 4.74 Å². The molecule has 0 aromatic carbocycles. The van der Waals surface area contributed by atoms with Crippen LogP contribution in [-0.4, -0.2) is 37.2 Å². The van der Waals surface area contributed by atoms with Gasteiger partial charge in [-0.25, -0.2) is 0 Å². The molecule has 2 aliphatic rings. The molecule has 2 heterocycles. The van der Waals surface area contributed by atoms with Crippen LogP contribution < -0.4 is 0 Å². The van der Waals surface area contributed by atoms with Gasteiger partial charge in [-0.2, -0.15) is 0 Å². The number of hydrogen-bond donors (Lipinski definition) is 0. The Balaban J connectivity index is 2.03.